The number of amides is 1. The Hall–Kier alpha value is -3.49. The largest absolute Gasteiger partial charge is 0.342 e. The second-order valence-corrected chi connectivity index (χ2v) is 7.93. The first-order chi connectivity index (χ1) is 14.5. The van der Waals surface area contributed by atoms with Gasteiger partial charge in [0.25, 0.3) is 11.5 Å². The first-order valence-electron chi connectivity index (χ1n) is 9.90. The summed E-state index contributed by atoms with van der Waals surface area (Å²) in [5.41, 5.74) is 0.834. The Balaban J connectivity index is 1.29. The van der Waals surface area contributed by atoms with Gasteiger partial charge in [-0.15, -0.1) is 0 Å². The Kier molecular flexibility index (Phi) is 4.38. The highest BCUT2D eigenvalue weighted by atomic mass is 19.1. The standard InChI is InChI=1S/C21H21FN6O2/c1-13-18(22)19(29)25-21(24-13)27-11-15-9-26(10-16(15)12-27)20(30)14-4-2-5-17(8-14)28-7-3-6-23-28/h2-8,15-16H,9-12H2,1H3,(H,24,25,29). The van der Waals surface area contributed by atoms with E-state index in [4.69, 9.17) is 0 Å². The molecule has 9 heteroatoms. The average Bonchev–Trinajstić information content (AvgIpc) is 3.47. The molecule has 30 heavy (non-hydrogen) atoms. The monoisotopic (exact) mass is 408 g/mol. The van der Waals surface area contributed by atoms with E-state index < -0.39 is 11.4 Å². The molecular formula is C21H21FN6O2. The Morgan fingerprint density at radius 1 is 1.17 bits per heavy atom. The van der Waals surface area contributed by atoms with Gasteiger partial charge in [-0.1, -0.05) is 6.07 Å². The molecular weight excluding hydrogens is 387 g/mol. The molecule has 2 aliphatic rings. The molecule has 2 saturated heterocycles. The quantitative estimate of drug-likeness (QED) is 0.712. The van der Waals surface area contributed by atoms with Gasteiger partial charge in [0.15, 0.2) is 0 Å². The second kappa shape index (κ2) is 7.08. The van der Waals surface area contributed by atoms with Crippen LogP contribution in [0.1, 0.15) is 16.1 Å². The molecule has 5 rings (SSSR count). The van der Waals surface area contributed by atoms with Gasteiger partial charge in [-0.25, -0.2) is 9.67 Å². The summed E-state index contributed by atoms with van der Waals surface area (Å²) in [4.78, 5) is 35.4. The molecule has 2 aromatic heterocycles. The molecule has 1 amide bonds. The predicted octanol–water partition coefficient (Wildman–Crippen LogP) is 1.61. The smallest absolute Gasteiger partial charge is 0.288 e. The van der Waals surface area contributed by atoms with Crippen molar-refractivity contribution in [1.82, 2.24) is 24.6 Å². The maximum atomic E-state index is 13.6. The second-order valence-electron chi connectivity index (χ2n) is 7.93. The molecule has 1 N–H and O–H groups in total. The number of fused-ring (bicyclic) bond motifs is 1. The molecule has 8 nitrogen and oxygen atoms in total. The van der Waals surface area contributed by atoms with Gasteiger partial charge in [0.2, 0.25) is 11.8 Å². The van der Waals surface area contributed by atoms with Crippen LogP contribution in [-0.2, 0) is 0 Å². The van der Waals surface area contributed by atoms with E-state index in [9.17, 15) is 14.0 Å². The zero-order chi connectivity index (χ0) is 20.8. The number of halogens is 1. The summed E-state index contributed by atoms with van der Waals surface area (Å²) in [7, 11) is 0. The number of nitrogens with one attached hydrogen (secondary N) is 1. The summed E-state index contributed by atoms with van der Waals surface area (Å²) in [6.45, 7) is 4.14. The van der Waals surface area contributed by atoms with Crippen LogP contribution in [0, 0.1) is 24.6 Å². The maximum Gasteiger partial charge on any atom is 0.288 e. The zero-order valence-electron chi connectivity index (χ0n) is 16.5. The molecule has 1 aromatic carbocycles. The van der Waals surface area contributed by atoms with Crippen molar-refractivity contribution in [3.63, 3.8) is 0 Å². The van der Waals surface area contributed by atoms with E-state index in [2.05, 4.69) is 15.1 Å². The number of anilines is 1. The van der Waals surface area contributed by atoms with E-state index >= 15 is 0 Å². The van der Waals surface area contributed by atoms with E-state index in [1.54, 1.807) is 10.9 Å². The van der Waals surface area contributed by atoms with Gasteiger partial charge in [-0.3, -0.25) is 14.6 Å². The number of aromatic nitrogens is 4. The van der Waals surface area contributed by atoms with Gasteiger partial charge in [0.1, 0.15) is 0 Å². The van der Waals surface area contributed by atoms with Crippen molar-refractivity contribution in [2.75, 3.05) is 31.1 Å². The first-order valence-corrected chi connectivity index (χ1v) is 9.90. The van der Waals surface area contributed by atoms with Crippen LogP contribution in [0.5, 0.6) is 0 Å². The summed E-state index contributed by atoms with van der Waals surface area (Å²) in [6, 6.07) is 9.30. The lowest BCUT2D eigenvalue weighted by Gasteiger charge is -2.22. The van der Waals surface area contributed by atoms with E-state index in [-0.39, 0.29) is 11.6 Å². The molecule has 2 fully saturated rings. The highest BCUT2D eigenvalue weighted by Gasteiger charge is 2.42. The third kappa shape index (κ3) is 3.16. The minimum Gasteiger partial charge on any atom is -0.342 e. The molecule has 0 bridgehead atoms. The van der Waals surface area contributed by atoms with Gasteiger partial charge >= 0.3 is 0 Å². The number of likely N-dealkylation sites (tertiary alicyclic amines) is 1. The number of hydrogen-bond donors (Lipinski definition) is 1. The lowest BCUT2D eigenvalue weighted by molar-refractivity contribution is 0.0782. The Morgan fingerprint density at radius 2 is 1.93 bits per heavy atom. The van der Waals surface area contributed by atoms with Crippen LogP contribution < -0.4 is 10.5 Å². The average molecular weight is 408 g/mol. The van der Waals surface area contributed by atoms with Crippen LogP contribution in [0.15, 0.2) is 47.5 Å². The number of hydrogen-bond acceptors (Lipinski definition) is 5. The summed E-state index contributed by atoms with van der Waals surface area (Å²) in [5, 5.41) is 4.22. The Bertz CT molecular complexity index is 1140. The molecule has 0 radical (unpaired) electrons. The number of benzene rings is 1. The van der Waals surface area contributed by atoms with Crippen molar-refractivity contribution in [3.05, 3.63) is 70.2 Å². The van der Waals surface area contributed by atoms with Crippen molar-refractivity contribution in [1.29, 1.82) is 0 Å². The number of H-pyrrole nitrogens is 1. The molecule has 2 unspecified atom stereocenters. The lowest BCUT2D eigenvalue weighted by atomic mass is 10.0. The van der Waals surface area contributed by atoms with Crippen LogP contribution >= 0.6 is 0 Å². The van der Waals surface area contributed by atoms with Gasteiger partial charge in [-0.05, 0) is 31.2 Å². The van der Waals surface area contributed by atoms with Crippen LogP contribution in [0.2, 0.25) is 0 Å². The summed E-state index contributed by atoms with van der Waals surface area (Å²) < 4.78 is 15.3. The molecule has 3 aromatic rings. The van der Waals surface area contributed by atoms with Crippen molar-refractivity contribution < 1.29 is 9.18 Å². The highest BCUT2D eigenvalue weighted by molar-refractivity contribution is 5.95. The van der Waals surface area contributed by atoms with E-state index in [0.29, 0.717) is 49.5 Å². The van der Waals surface area contributed by atoms with E-state index in [1.165, 1.54) is 6.92 Å². The lowest BCUT2D eigenvalue weighted by Crippen LogP contribution is -2.34. The molecule has 4 heterocycles. The summed E-state index contributed by atoms with van der Waals surface area (Å²) in [6.07, 6.45) is 3.54. The predicted molar refractivity (Wildman–Crippen MR) is 108 cm³/mol. The fourth-order valence-corrected chi connectivity index (χ4v) is 4.42. The van der Waals surface area contributed by atoms with Crippen LogP contribution in [0.3, 0.4) is 0 Å². The topological polar surface area (TPSA) is 87.1 Å². The van der Waals surface area contributed by atoms with Gasteiger partial charge < -0.3 is 9.80 Å². The first kappa shape index (κ1) is 18.5. The fourth-order valence-electron chi connectivity index (χ4n) is 4.42. The Labute approximate surface area is 172 Å². The van der Waals surface area contributed by atoms with Crippen LogP contribution in [0.4, 0.5) is 10.3 Å². The number of carbonyl (C=O) groups excluding carboxylic acids is 1. The van der Waals surface area contributed by atoms with Crippen molar-refractivity contribution >= 4 is 11.9 Å². The van der Waals surface area contributed by atoms with Gasteiger partial charge in [0.05, 0.1) is 11.4 Å². The number of aromatic amines is 1. The molecule has 2 atom stereocenters. The highest BCUT2D eigenvalue weighted by Crippen LogP contribution is 2.33. The van der Waals surface area contributed by atoms with Crippen molar-refractivity contribution in [2.45, 2.75) is 6.92 Å². The molecule has 0 spiro atoms. The third-order valence-electron chi connectivity index (χ3n) is 5.95. The number of rotatable bonds is 3. The molecule has 2 aliphatic heterocycles. The minimum atomic E-state index is -0.841. The maximum absolute atomic E-state index is 13.6. The van der Waals surface area contributed by atoms with Gasteiger partial charge in [-0.2, -0.15) is 9.49 Å². The third-order valence-corrected chi connectivity index (χ3v) is 5.95. The van der Waals surface area contributed by atoms with Crippen molar-refractivity contribution in [2.24, 2.45) is 11.8 Å². The number of aryl methyl sites for hydroxylation is 1. The fraction of sp³-hybridized carbons (Fsp3) is 0.333. The van der Waals surface area contributed by atoms with Crippen LogP contribution in [-0.4, -0.2) is 56.7 Å². The Morgan fingerprint density at radius 3 is 2.60 bits per heavy atom. The molecule has 0 saturated carbocycles. The zero-order valence-corrected chi connectivity index (χ0v) is 16.5. The van der Waals surface area contributed by atoms with E-state index in [0.717, 1.165) is 5.69 Å². The van der Waals surface area contributed by atoms with E-state index in [1.807, 2.05) is 46.3 Å². The summed E-state index contributed by atoms with van der Waals surface area (Å²) >= 11 is 0. The van der Waals surface area contributed by atoms with Crippen molar-refractivity contribution in [3.8, 4) is 5.69 Å². The van der Waals surface area contributed by atoms with Gasteiger partial charge in [0, 0.05) is 56.0 Å². The SMILES string of the molecule is Cc1nc(N2CC3CN(C(=O)c4cccc(-n5cccn5)c4)CC3C2)[nH]c(=O)c1F. The van der Waals surface area contributed by atoms with Crippen LogP contribution in [0.25, 0.3) is 5.69 Å². The number of carbonyl (C=O) groups is 1. The summed E-state index contributed by atoms with van der Waals surface area (Å²) in [5.74, 6) is 0.150. The molecule has 0 aliphatic carbocycles. The molecule has 154 valence electrons. The minimum absolute atomic E-state index is 0.00844. The normalized spacial score (nSPS) is 20.6. The number of nitrogens with zero attached hydrogens (tertiary/aromatic N) is 5.